The van der Waals surface area contributed by atoms with Gasteiger partial charge < -0.3 is 16.4 Å². The number of hydrogen-bond donors (Lipinski definition) is 2. The minimum Gasteiger partial charge on any atom is -0.369 e. The van der Waals surface area contributed by atoms with Gasteiger partial charge in [-0.15, -0.1) is 12.4 Å². The highest BCUT2D eigenvalue weighted by Gasteiger charge is 2.31. The molecule has 0 saturated carbocycles. The third-order valence-electron chi connectivity index (χ3n) is 4.79. The number of likely N-dealkylation sites (tertiary alicyclic amines) is 2. The first-order valence-electron chi connectivity index (χ1n) is 8.05. The van der Waals surface area contributed by atoms with Crippen LogP contribution in [0.5, 0.6) is 0 Å². The van der Waals surface area contributed by atoms with Gasteiger partial charge in [-0.25, -0.2) is 0 Å². The largest absolute Gasteiger partial charge is 0.369 e. The number of nitrogens with two attached hydrogens (primary N) is 2. The molecular formula is C15H29ClN4O2. The van der Waals surface area contributed by atoms with Gasteiger partial charge in [-0.05, 0) is 39.2 Å². The Labute approximate surface area is 139 Å². The van der Waals surface area contributed by atoms with Gasteiger partial charge in [0, 0.05) is 25.2 Å². The standard InChI is InChI=1S/C15H28N4O2.ClH/c1-11(16)13-6-2-3-7-18(13)10-14(20)19-8-4-5-12(9-19)15(17)21;/h11-13H,2-10,16H2,1H3,(H2,17,21);1H. The molecular weight excluding hydrogens is 304 g/mol. The van der Waals surface area contributed by atoms with Gasteiger partial charge in [0.15, 0.2) is 0 Å². The molecule has 4 N–H and O–H groups in total. The van der Waals surface area contributed by atoms with Gasteiger partial charge in [0.05, 0.1) is 12.5 Å². The second-order valence-corrected chi connectivity index (χ2v) is 6.47. The van der Waals surface area contributed by atoms with Crippen molar-refractivity contribution in [3.63, 3.8) is 0 Å². The highest BCUT2D eigenvalue weighted by Crippen LogP contribution is 2.20. The second-order valence-electron chi connectivity index (χ2n) is 6.47. The Morgan fingerprint density at radius 2 is 1.91 bits per heavy atom. The molecule has 0 spiro atoms. The van der Waals surface area contributed by atoms with Crippen LogP contribution >= 0.6 is 12.4 Å². The molecule has 0 aromatic rings. The molecule has 0 aromatic carbocycles. The fourth-order valence-corrected chi connectivity index (χ4v) is 3.52. The first-order chi connectivity index (χ1) is 9.99. The molecule has 2 fully saturated rings. The summed E-state index contributed by atoms with van der Waals surface area (Å²) in [5, 5.41) is 0. The van der Waals surface area contributed by atoms with E-state index < -0.39 is 0 Å². The SMILES string of the molecule is CC(N)C1CCCCN1CC(=O)N1CCCC(C(N)=O)C1.Cl. The molecule has 2 amide bonds. The third-order valence-corrected chi connectivity index (χ3v) is 4.79. The minimum absolute atomic E-state index is 0. The number of hydrogen-bond acceptors (Lipinski definition) is 4. The van der Waals surface area contributed by atoms with Crippen molar-refractivity contribution in [2.75, 3.05) is 26.2 Å². The van der Waals surface area contributed by atoms with Crippen molar-refractivity contribution >= 4 is 24.2 Å². The van der Waals surface area contributed by atoms with Crippen LogP contribution in [0.3, 0.4) is 0 Å². The van der Waals surface area contributed by atoms with Crippen LogP contribution in [0.15, 0.2) is 0 Å². The number of carbonyl (C=O) groups is 2. The smallest absolute Gasteiger partial charge is 0.236 e. The Morgan fingerprint density at radius 1 is 1.18 bits per heavy atom. The lowest BCUT2D eigenvalue weighted by Gasteiger charge is -2.39. The van der Waals surface area contributed by atoms with E-state index in [4.69, 9.17) is 11.5 Å². The molecule has 6 nitrogen and oxygen atoms in total. The van der Waals surface area contributed by atoms with Crippen LogP contribution in [0.1, 0.15) is 39.0 Å². The summed E-state index contributed by atoms with van der Waals surface area (Å²) in [7, 11) is 0. The predicted octanol–water partition coefficient (Wildman–Crippen LogP) is 0.334. The van der Waals surface area contributed by atoms with E-state index in [1.807, 2.05) is 6.92 Å². The van der Waals surface area contributed by atoms with Crippen LogP contribution in [0, 0.1) is 5.92 Å². The van der Waals surface area contributed by atoms with Crippen molar-refractivity contribution in [3.05, 3.63) is 0 Å². The van der Waals surface area contributed by atoms with E-state index >= 15 is 0 Å². The Balaban J connectivity index is 0.00000242. The molecule has 3 unspecified atom stereocenters. The third kappa shape index (κ3) is 4.83. The highest BCUT2D eigenvalue weighted by molar-refractivity contribution is 5.85. The molecule has 22 heavy (non-hydrogen) atoms. The van der Waals surface area contributed by atoms with Gasteiger partial charge >= 0.3 is 0 Å². The lowest BCUT2D eigenvalue weighted by Crippen LogP contribution is -2.54. The van der Waals surface area contributed by atoms with E-state index in [-0.39, 0.29) is 36.2 Å². The summed E-state index contributed by atoms with van der Waals surface area (Å²) in [4.78, 5) is 27.8. The zero-order chi connectivity index (χ0) is 15.4. The predicted molar refractivity (Wildman–Crippen MR) is 88.6 cm³/mol. The normalized spacial score (nSPS) is 27.8. The summed E-state index contributed by atoms with van der Waals surface area (Å²) in [6.45, 7) is 4.57. The monoisotopic (exact) mass is 332 g/mol. The zero-order valence-electron chi connectivity index (χ0n) is 13.4. The quantitative estimate of drug-likeness (QED) is 0.776. The van der Waals surface area contributed by atoms with Crippen LogP contribution in [0.25, 0.3) is 0 Å². The molecule has 2 heterocycles. The molecule has 2 aliphatic rings. The van der Waals surface area contributed by atoms with Crippen molar-refractivity contribution in [1.29, 1.82) is 0 Å². The number of primary amides is 1. The Bertz CT molecular complexity index is 392. The maximum Gasteiger partial charge on any atom is 0.236 e. The van der Waals surface area contributed by atoms with Gasteiger partial charge in [-0.3, -0.25) is 14.5 Å². The molecule has 2 saturated heterocycles. The summed E-state index contributed by atoms with van der Waals surface area (Å²) in [6.07, 6.45) is 5.03. The van der Waals surface area contributed by atoms with Crippen molar-refractivity contribution in [1.82, 2.24) is 9.80 Å². The second kappa shape index (κ2) is 8.70. The molecule has 128 valence electrons. The van der Waals surface area contributed by atoms with Gasteiger partial charge in [0.2, 0.25) is 11.8 Å². The highest BCUT2D eigenvalue weighted by atomic mass is 35.5. The summed E-state index contributed by atoms with van der Waals surface area (Å²) in [5.41, 5.74) is 11.4. The number of carbonyl (C=O) groups excluding carboxylic acids is 2. The lowest BCUT2D eigenvalue weighted by atomic mass is 9.96. The molecule has 2 aliphatic heterocycles. The van der Waals surface area contributed by atoms with Crippen molar-refractivity contribution in [3.8, 4) is 0 Å². The maximum atomic E-state index is 12.5. The fraction of sp³-hybridized carbons (Fsp3) is 0.867. The number of amides is 2. The Hall–Kier alpha value is -0.850. The van der Waals surface area contributed by atoms with Crippen LogP contribution in [-0.2, 0) is 9.59 Å². The van der Waals surface area contributed by atoms with Crippen LogP contribution in [0.2, 0.25) is 0 Å². The van der Waals surface area contributed by atoms with E-state index in [0.717, 1.165) is 38.8 Å². The molecule has 7 heteroatoms. The van der Waals surface area contributed by atoms with E-state index in [1.54, 1.807) is 4.90 Å². The maximum absolute atomic E-state index is 12.5. The molecule has 0 aliphatic carbocycles. The van der Waals surface area contributed by atoms with Gasteiger partial charge in [-0.2, -0.15) is 0 Å². The molecule has 0 bridgehead atoms. The Kier molecular flexibility index (Phi) is 7.59. The van der Waals surface area contributed by atoms with Gasteiger partial charge in [0.25, 0.3) is 0 Å². The summed E-state index contributed by atoms with van der Waals surface area (Å²) in [5.74, 6) is -0.374. The number of piperidine rings is 2. The summed E-state index contributed by atoms with van der Waals surface area (Å²) in [6, 6.07) is 0.372. The fourth-order valence-electron chi connectivity index (χ4n) is 3.52. The summed E-state index contributed by atoms with van der Waals surface area (Å²) < 4.78 is 0. The first-order valence-corrected chi connectivity index (χ1v) is 8.05. The van der Waals surface area contributed by atoms with Gasteiger partial charge in [0.1, 0.15) is 0 Å². The lowest BCUT2D eigenvalue weighted by molar-refractivity contribution is -0.136. The zero-order valence-corrected chi connectivity index (χ0v) is 14.2. The van der Waals surface area contributed by atoms with Crippen molar-refractivity contribution in [2.24, 2.45) is 17.4 Å². The van der Waals surface area contributed by atoms with E-state index in [9.17, 15) is 9.59 Å². The average molecular weight is 333 g/mol. The molecule has 0 aromatic heterocycles. The van der Waals surface area contributed by atoms with Gasteiger partial charge in [-0.1, -0.05) is 6.42 Å². The van der Waals surface area contributed by atoms with Crippen LogP contribution in [0.4, 0.5) is 0 Å². The van der Waals surface area contributed by atoms with Crippen molar-refractivity contribution < 1.29 is 9.59 Å². The van der Waals surface area contributed by atoms with E-state index in [2.05, 4.69) is 4.90 Å². The number of nitrogens with zero attached hydrogens (tertiary/aromatic N) is 2. The first kappa shape index (κ1) is 19.2. The average Bonchev–Trinajstić information content (AvgIpc) is 2.47. The molecule has 3 atom stereocenters. The van der Waals surface area contributed by atoms with Crippen molar-refractivity contribution in [2.45, 2.75) is 51.1 Å². The van der Waals surface area contributed by atoms with Crippen LogP contribution < -0.4 is 11.5 Å². The Morgan fingerprint density at radius 3 is 2.55 bits per heavy atom. The summed E-state index contributed by atoms with van der Waals surface area (Å²) >= 11 is 0. The minimum atomic E-state index is -0.293. The van der Waals surface area contributed by atoms with E-state index in [0.29, 0.717) is 19.1 Å². The van der Waals surface area contributed by atoms with Crippen LogP contribution in [-0.4, -0.2) is 59.9 Å². The topological polar surface area (TPSA) is 92.7 Å². The molecule has 2 rings (SSSR count). The number of halogens is 1. The molecule has 0 radical (unpaired) electrons. The number of rotatable bonds is 4. The van der Waals surface area contributed by atoms with E-state index in [1.165, 1.54) is 6.42 Å².